The number of rotatable bonds is 0. The Morgan fingerprint density at radius 2 is 2.00 bits per heavy atom. The van der Waals surface area contributed by atoms with Crippen LogP contribution in [0, 0.1) is 17.5 Å². The zero-order valence-electron chi connectivity index (χ0n) is 7.91. The molecule has 1 atom stereocenters. The number of hydrogen-bond donors (Lipinski definition) is 0. The molecule has 1 heteroatoms. The summed E-state index contributed by atoms with van der Waals surface area (Å²) in [5, 5.41) is 0. The zero-order valence-corrected chi connectivity index (χ0v) is 7.91. The minimum atomic E-state index is 0. The molecule has 0 amide bonds. The van der Waals surface area contributed by atoms with Crippen molar-refractivity contribution in [3.05, 3.63) is 11.1 Å². The normalized spacial score (nSPS) is 32.5. The van der Waals surface area contributed by atoms with Crippen molar-refractivity contribution in [2.24, 2.45) is 11.3 Å². The van der Waals surface area contributed by atoms with Gasteiger partial charge in [-0.15, -0.1) is 0 Å². The van der Waals surface area contributed by atoms with Crippen LogP contribution in [0.2, 0.25) is 0 Å². The summed E-state index contributed by atoms with van der Waals surface area (Å²) in [6, 6.07) is 0. The summed E-state index contributed by atoms with van der Waals surface area (Å²) in [7, 11) is 0. The van der Waals surface area contributed by atoms with Crippen LogP contribution >= 0.6 is 0 Å². The molecule has 3 rings (SSSR count). The van der Waals surface area contributed by atoms with Gasteiger partial charge in [-0.25, -0.2) is 0 Å². The fourth-order valence-corrected chi connectivity index (χ4v) is 2.61. The van der Waals surface area contributed by atoms with E-state index in [2.05, 4.69) is 20.8 Å². The Balaban J connectivity index is 0.000000605. The molecule has 0 aromatic carbocycles. The second kappa shape index (κ2) is 2.32. The summed E-state index contributed by atoms with van der Waals surface area (Å²) in [6.45, 7) is 7.12. The van der Waals surface area contributed by atoms with E-state index < -0.39 is 0 Å². The van der Waals surface area contributed by atoms with E-state index in [1.165, 1.54) is 19.3 Å². The molecule has 1 saturated carbocycles. The molecule has 0 aliphatic heterocycles. The second-order valence-electron chi connectivity index (χ2n) is 4.42. The van der Waals surface area contributed by atoms with Crippen molar-refractivity contribution in [1.29, 1.82) is 0 Å². The molecule has 0 saturated heterocycles. The first-order chi connectivity index (χ1) is 4.62. The molecule has 0 aromatic heterocycles. The van der Waals surface area contributed by atoms with Crippen molar-refractivity contribution in [3.8, 4) is 0 Å². The zero-order chi connectivity index (χ0) is 7.35. The Bertz CT molecular complexity index is 201. The van der Waals surface area contributed by atoms with Gasteiger partial charge in [0.05, 0.1) is 0 Å². The number of fused-ring (bicyclic) bond motifs is 2. The first kappa shape index (κ1) is 8.74. The third-order valence-electron chi connectivity index (χ3n) is 3.63. The molecule has 0 nitrogen and oxygen atoms in total. The molecule has 2 bridgehead atoms. The molecule has 3 aliphatic carbocycles. The Labute approximate surface area is 69.5 Å². The maximum Gasteiger partial charge on any atom is 0 e. The standard InChI is InChI=1S/C10H16.He/c1-7-4-5-8-6-9(7)10(8,2)3;/h8H,4-6H2,1-3H3;. The van der Waals surface area contributed by atoms with Crippen LogP contribution < -0.4 is 0 Å². The summed E-state index contributed by atoms with van der Waals surface area (Å²) >= 11 is 0. The van der Waals surface area contributed by atoms with Crippen molar-refractivity contribution >= 4 is 0 Å². The number of hydrogen-bond acceptors (Lipinski definition) is 0. The van der Waals surface area contributed by atoms with Gasteiger partial charge in [-0.2, -0.15) is 0 Å². The summed E-state index contributed by atoms with van der Waals surface area (Å²) in [6.07, 6.45) is 4.24. The van der Waals surface area contributed by atoms with E-state index in [1.807, 2.05) is 0 Å². The van der Waals surface area contributed by atoms with Crippen LogP contribution in [-0.2, 0) is 0 Å². The van der Waals surface area contributed by atoms with Crippen molar-refractivity contribution < 1.29 is 6.15 Å². The van der Waals surface area contributed by atoms with Gasteiger partial charge in [0.1, 0.15) is 0 Å². The van der Waals surface area contributed by atoms with Crippen LogP contribution in [0.4, 0.5) is 0 Å². The topological polar surface area (TPSA) is 0 Å². The fraction of sp³-hybridized carbons (Fsp3) is 0.800. The first-order valence-electron chi connectivity index (χ1n) is 4.31. The van der Waals surface area contributed by atoms with Gasteiger partial charge in [0.25, 0.3) is 0 Å². The van der Waals surface area contributed by atoms with Crippen molar-refractivity contribution in [2.45, 2.75) is 40.0 Å². The van der Waals surface area contributed by atoms with Crippen molar-refractivity contribution in [3.63, 3.8) is 0 Å². The van der Waals surface area contributed by atoms with Crippen molar-refractivity contribution in [1.82, 2.24) is 0 Å². The van der Waals surface area contributed by atoms with Gasteiger partial charge in [0, 0.05) is 6.15 Å². The molecule has 1 unspecified atom stereocenters. The third-order valence-corrected chi connectivity index (χ3v) is 3.63. The van der Waals surface area contributed by atoms with Crippen LogP contribution in [-0.4, -0.2) is 0 Å². The quantitative estimate of drug-likeness (QED) is 0.453. The van der Waals surface area contributed by atoms with E-state index in [9.17, 15) is 0 Å². The van der Waals surface area contributed by atoms with Gasteiger partial charge in [0.15, 0.2) is 0 Å². The Hall–Kier alpha value is -0.351. The van der Waals surface area contributed by atoms with Gasteiger partial charge in [-0.1, -0.05) is 25.0 Å². The van der Waals surface area contributed by atoms with Gasteiger partial charge in [-0.05, 0) is 37.5 Å². The Morgan fingerprint density at radius 3 is 2.27 bits per heavy atom. The summed E-state index contributed by atoms with van der Waals surface area (Å²) in [5.41, 5.74) is 4.04. The summed E-state index contributed by atoms with van der Waals surface area (Å²) < 4.78 is 0. The third kappa shape index (κ3) is 0.929. The van der Waals surface area contributed by atoms with E-state index in [0.717, 1.165) is 5.92 Å². The molecule has 0 spiro atoms. The monoisotopic (exact) mass is 140 g/mol. The fourth-order valence-electron chi connectivity index (χ4n) is 2.61. The summed E-state index contributed by atoms with van der Waals surface area (Å²) in [5.74, 6) is 1.02. The van der Waals surface area contributed by atoms with E-state index in [-0.39, 0.29) is 6.15 Å². The Morgan fingerprint density at radius 1 is 1.36 bits per heavy atom. The largest absolute Gasteiger partial charge is 0.0735 e. The molecule has 0 heterocycles. The van der Waals surface area contributed by atoms with Crippen LogP contribution in [0.15, 0.2) is 11.1 Å². The Kier molecular flexibility index (Phi) is 1.84. The minimum absolute atomic E-state index is 0. The SMILES string of the molecule is CC1=C2CC(CC1)C2(C)C.[He]. The maximum absolute atomic E-state index is 2.40. The molecule has 58 valence electrons. The molecule has 11 heavy (non-hydrogen) atoms. The van der Waals surface area contributed by atoms with E-state index in [0.29, 0.717) is 5.41 Å². The predicted molar refractivity (Wildman–Crippen MR) is 43.8 cm³/mol. The van der Waals surface area contributed by atoms with Crippen LogP contribution in [0.3, 0.4) is 0 Å². The average molecular weight is 140 g/mol. The maximum atomic E-state index is 2.40. The van der Waals surface area contributed by atoms with E-state index >= 15 is 0 Å². The second-order valence-corrected chi connectivity index (χ2v) is 4.42. The van der Waals surface area contributed by atoms with Crippen LogP contribution in [0.25, 0.3) is 0 Å². The van der Waals surface area contributed by atoms with Gasteiger partial charge >= 0.3 is 0 Å². The van der Waals surface area contributed by atoms with Gasteiger partial charge in [0.2, 0.25) is 0 Å². The van der Waals surface area contributed by atoms with Crippen LogP contribution in [0.5, 0.6) is 0 Å². The van der Waals surface area contributed by atoms with Gasteiger partial charge in [-0.3, -0.25) is 0 Å². The van der Waals surface area contributed by atoms with E-state index in [4.69, 9.17) is 0 Å². The molecule has 0 N–H and O–H groups in total. The molecule has 3 aliphatic rings. The predicted octanol–water partition coefficient (Wildman–Crippen LogP) is 3.14. The number of allylic oxidation sites excluding steroid dienone is 2. The summed E-state index contributed by atoms with van der Waals surface area (Å²) in [4.78, 5) is 0. The molecule has 0 radical (unpaired) electrons. The molecule has 1 fully saturated rings. The molecule has 0 aromatic rings. The molecular weight excluding hydrogens is 124 g/mol. The first-order valence-corrected chi connectivity index (χ1v) is 4.31. The molecular formula is C10H16He. The van der Waals surface area contributed by atoms with Gasteiger partial charge < -0.3 is 0 Å². The van der Waals surface area contributed by atoms with Crippen molar-refractivity contribution in [2.75, 3.05) is 0 Å². The smallest absolute Gasteiger partial charge is 0 e. The van der Waals surface area contributed by atoms with Crippen LogP contribution in [0.1, 0.15) is 40.0 Å². The van der Waals surface area contributed by atoms with E-state index in [1.54, 1.807) is 11.1 Å². The minimum Gasteiger partial charge on any atom is -0.0735 e. The average Bonchev–Trinajstić information content (AvgIpc) is 1.87.